The second kappa shape index (κ2) is 9.08. The van der Waals surface area contributed by atoms with Crippen LogP contribution in [0.15, 0.2) is 53.1 Å². The van der Waals surface area contributed by atoms with E-state index in [0.29, 0.717) is 18.1 Å². The Morgan fingerprint density at radius 1 is 1.14 bits per heavy atom. The second-order valence-corrected chi connectivity index (χ2v) is 7.64. The maximum Gasteiger partial charge on any atom is 0.280 e. The summed E-state index contributed by atoms with van der Waals surface area (Å²) in [6.45, 7) is 11.1. The first kappa shape index (κ1) is 20.8. The first-order chi connectivity index (χ1) is 14.0. The molecule has 0 fully saturated rings. The van der Waals surface area contributed by atoms with Crippen molar-refractivity contribution in [1.82, 2.24) is 0 Å². The van der Waals surface area contributed by atoms with Crippen molar-refractivity contribution in [1.29, 1.82) is 0 Å². The fraction of sp³-hybridized carbons (Fsp3) is 0.360. The van der Waals surface area contributed by atoms with Crippen LogP contribution >= 0.6 is 0 Å². The Bertz CT molecular complexity index is 943. The maximum atomic E-state index is 13.2. The number of nitrogens with zero attached hydrogens (tertiary/aromatic N) is 2. The van der Waals surface area contributed by atoms with Crippen molar-refractivity contribution in [3.8, 4) is 5.75 Å². The fourth-order valence-electron chi connectivity index (χ4n) is 3.53. The van der Waals surface area contributed by atoms with E-state index >= 15 is 0 Å². The zero-order valence-corrected chi connectivity index (χ0v) is 18.0. The van der Waals surface area contributed by atoms with Crippen LogP contribution in [-0.4, -0.2) is 18.2 Å². The molecule has 29 heavy (non-hydrogen) atoms. The van der Waals surface area contributed by atoms with Gasteiger partial charge in [0.15, 0.2) is 0 Å². The number of rotatable bonds is 7. The summed E-state index contributed by atoms with van der Waals surface area (Å²) < 4.78 is 5.84. The summed E-state index contributed by atoms with van der Waals surface area (Å²) in [7, 11) is 0. The monoisotopic (exact) mass is 390 g/mol. The Hall–Kier alpha value is -2.88. The molecule has 4 heteroatoms. The van der Waals surface area contributed by atoms with Crippen molar-refractivity contribution in [3.63, 3.8) is 0 Å². The van der Waals surface area contributed by atoms with Gasteiger partial charge in [-0.1, -0.05) is 45.4 Å². The quantitative estimate of drug-likeness (QED) is 0.536. The predicted molar refractivity (Wildman–Crippen MR) is 121 cm³/mol. The molecule has 152 valence electrons. The van der Waals surface area contributed by atoms with Crippen molar-refractivity contribution >= 4 is 23.4 Å². The third kappa shape index (κ3) is 4.42. The summed E-state index contributed by atoms with van der Waals surface area (Å²) in [5, 5.41) is 6.17. The number of hydrogen-bond donors (Lipinski definition) is 0. The molecule has 1 aliphatic rings. The number of hydrogen-bond acceptors (Lipinski definition) is 3. The van der Waals surface area contributed by atoms with Gasteiger partial charge in [0.05, 0.1) is 23.6 Å². The maximum absolute atomic E-state index is 13.2. The highest BCUT2D eigenvalue weighted by Gasteiger charge is 2.30. The van der Waals surface area contributed by atoms with Gasteiger partial charge in [-0.25, -0.2) is 0 Å². The first-order valence-electron chi connectivity index (χ1n) is 10.4. The molecule has 0 radical (unpaired) electrons. The molecule has 2 aromatic rings. The minimum absolute atomic E-state index is 0.0703. The van der Waals surface area contributed by atoms with E-state index in [9.17, 15) is 4.79 Å². The average molecular weight is 391 g/mol. The minimum atomic E-state index is -0.0703. The minimum Gasteiger partial charge on any atom is -0.494 e. The number of carbonyl (C=O) groups is 1. The molecule has 0 aromatic heterocycles. The SMILES string of the molecule is CCCC1=NN(c2ccccc2)C(=O)/C1=C\c1cc(C(C)C)c(OCC)cc1C. The average Bonchev–Trinajstić information content (AvgIpc) is 3.00. The largest absolute Gasteiger partial charge is 0.494 e. The van der Waals surface area contributed by atoms with Gasteiger partial charge in [0.25, 0.3) is 5.91 Å². The Morgan fingerprint density at radius 2 is 1.86 bits per heavy atom. The Labute approximate surface area is 173 Å². The van der Waals surface area contributed by atoms with Crippen LogP contribution in [0.5, 0.6) is 5.75 Å². The lowest BCUT2D eigenvalue weighted by molar-refractivity contribution is -0.114. The Kier molecular flexibility index (Phi) is 6.53. The fourth-order valence-corrected chi connectivity index (χ4v) is 3.53. The van der Waals surface area contributed by atoms with Gasteiger partial charge in [-0.15, -0.1) is 0 Å². The molecule has 3 rings (SSSR count). The predicted octanol–water partition coefficient (Wildman–Crippen LogP) is 6.10. The van der Waals surface area contributed by atoms with Crippen LogP contribution in [0, 0.1) is 6.92 Å². The summed E-state index contributed by atoms with van der Waals surface area (Å²) in [6, 6.07) is 13.8. The molecule has 0 N–H and O–H groups in total. The Morgan fingerprint density at radius 3 is 2.48 bits per heavy atom. The molecule has 1 aliphatic heterocycles. The smallest absolute Gasteiger partial charge is 0.280 e. The van der Waals surface area contributed by atoms with Crippen molar-refractivity contribution in [3.05, 3.63) is 64.7 Å². The topological polar surface area (TPSA) is 41.9 Å². The van der Waals surface area contributed by atoms with Gasteiger partial charge in [-0.3, -0.25) is 4.79 Å². The molecule has 1 heterocycles. The lowest BCUT2D eigenvalue weighted by Crippen LogP contribution is -2.21. The van der Waals surface area contributed by atoms with Crippen molar-refractivity contribution < 1.29 is 9.53 Å². The third-order valence-electron chi connectivity index (χ3n) is 5.06. The van der Waals surface area contributed by atoms with Gasteiger partial charge in [-0.05, 0) is 73.2 Å². The highest BCUT2D eigenvalue weighted by atomic mass is 16.5. The van der Waals surface area contributed by atoms with Crippen LogP contribution in [-0.2, 0) is 4.79 Å². The molecule has 0 saturated heterocycles. The van der Waals surface area contributed by atoms with Crippen LogP contribution in [0.3, 0.4) is 0 Å². The molecular weight excluding hydrogens is 360 g/mol. The molecule has 1 amide bonds. The zero-order chi connectivity index (χ0) is 21.0. The standard InChI is InChI=1S/C25H30N2O2/c1-6-11-23-22(25(28)27(26-23)20-12-9-8-10-13-20)16-19-15-21(17(3)4)24(29-7-2)14-18(19)5/h8-10,12-17H,6-7,11H2,1-5H3/b22-16-. The van der Waals surface area contributed by atoms with E-state index in [2.05, 4.69) is 44.9 Å². The number of anilines is 1. The van der Waals surface area contributed by atoms with E-state index < -0.39 is 0 Å². The highest BCUT2D eigenvalue weighted by Crippen LogP contribution is 2.32. The number of ether oxygens (including phenoxy) is 1. The number of para-hydroxylation sites is 1. The molecular formula is C25H30N2O2. The Balaban J connectivity index is 2.05. The summed E-state index contributed by atoms with van der Waals surface area (Å²) in [6.07, 6.45) is 3.70. The van der Waals surface area contributed by atoms with Crippen LogP contribution < -0.4 is 9.75 Å². The van der Waals surface area contributed by atoms with E-state index in [-0.39, 0.29) is 5.91 Å². The normalized spacial score (nSPS) is 15.4. The highest BCUT2D eigenvalue weighted by molar-refractivity contribution is 6.32. The van der Waals surface area contributed by atoms with Gasteiger partial charge in [0.2, 0.25) is 0 Å². The van der Waals surface area contributed by atoms with Crippen molar-refractivity contribution in [2.75, 3.05) is 11.6 Å². The lowest BCUT2D eigenvalue weighted by atomic mass is 9.94. The first-order valence-corrected chi connectivity index (χ1v) is 10.4. The molecule has 0 spiro atoms. The summed E-state index contributed by atoms with van der Waals surface area (Å²) >= 11 is 0. The van der Waals surface area contributed by atoms with Gasteiger partial charge in [-0.2, -0.15) is 10.1 Å². The van der Waals surface area contributed by atoms with E-state index in [1.807, 2.05) is 43.3 Å². The van der Waals surface area contributed by atoms with E-state index in [1.54, 1.807) is 0 Å². The number of hydrazone groups is 1. The van der Waals surface area contributed by atoms with Crippen LogP contribution in [0.1, 0.15) is 63.1 Å². The van der Waals surface area contributed by atoms with E-state index in [0.717, 1.165) is 46.7 Å². The van der Waals surface area contributed by atoms with Crippen LogP contribution in [0.4, 0.5) is 5.69 Å². The van der Waals surface area contributed by atoms with Gasteiger partial charge < -0.3 is 4.74 Å². The summed E-state index contributed by atoms with van der Waals surface area (Å²) in [5.74, 6) is 1.19. The zero-order valence-electron chi connectivity index (χ0n) is 18.0. The molecule has 4 nitrogen and oxygen atoms in total. The van der Waals surface area contributed by atoms with Crippen LogP contribution in [0.2, 0.25) is 0 Å². The van der Waals surface area contributed by atoms with Gasteiger partial charge in [0, 0.05) is 0 Å². The molecule has 0 unspecified atom stereocenters. The van der Waals surface area contributed by atoms with E-state index in [4.69, 9.17) is 4.74 Å². The number of carbonyl (C=O) groups excluding carboxylic acids is 1. The lowest BCUT2D eigenvalue weighted by Gasteiger charge is -2.16. The molecule has 0 bridgehead atoms. The van der Waals surface area contributed by atoms with Crippen LogP contribution in [0.25, 0.3) is 6.08 Å². The summed E-state index contributed by atoms with van der Waals surface area (Å²) in [5.41, 5.74) is 5.61. The van der Waals surface area contributed by atoms with E-state index in [1.165, 1.54) is 5.01 Å². The molecule has 2 aromatic carbocycles. The van der Waals surface area contributed by atoms with Gasteiger partial charge >= 0.3 is 0 Å². The second-order valence-electron chi connectivity index (χ2n) is 7.64. The number of amides is 1. The van der Waals surface area contributed by atoms with Gasteiger partial charge in [0.1, 0.15) is 5.75 Å². The van der Waals surface area contributed by atoms with Crippen molar-refractivity contribution in [2.24, 2.45) is 5.10 Å². The summed E-state index contributed by atoms with van der Waals surface area (Å²) in [4.78, 5) is 13.2. The molecule has 0 aliphatic carbocycles. The van der Waals surface area contributed by atoms with Crippen molar-refractivity contribution in [2.45, 2.75) is 53.4 Å². The molecule has 0 atom stereocenters. The number of benzene rings is 2. The third-order valence-corrected chi connectivity index (χ3v) is 5.06. The molecule has 0 saturated carbocycles. The number of aryl methyl sites for hydroxylation is 1.